The van der Waals surface area contributed by atoms with Crippen LogP contribution in [0, 0.1) is 0 Å². The highest BCUT2D eigenvalue weighted by Gasteiger charge is 2.31. The number of carbonyl (C=O) groups is 1. The summed E-state index contributed by atoms with van der Waals surface area (Å²) in [5.74, 6) is 0. The Morgan fingerprint density at radius 1 is 1.33 bits per heavy atom. The van der Waals surface area contributed by atoms with Crippen LogP contribution in [-0.4, -0.2) is 11.2 Å². The minimum absolute atomic E-state index is 0.187. The Hall–Kier alpha value is -1.43. The molecule has 0 saturated heterocycles. The minimum Gasteiger partial charge on any atom is -0.465 e. The van der Waals surface area contributed by atoms with Crippen molar-refractivity contribution in [1.29, 1.82) is 0 Å². The fourth-order valence-electron chi connectivity index (χ4n) is 0.949. The number of benzene rings is 1. The molecule has 0 spiro atoms. The zero-order valence-electron chi connectivity index (χ0n) is 7.10. The van der Waals surface area contributed by atoms with Crippen molar-refractivity contribution in [2.24, 2.45) is 0 Å². The van der Waals surface area contributed by atoms with Gasteiger partial charge in [0, 0.05) is 10.7 Å². The number of anilines is 1. The van der Waals surface area contributed by atoms with Crippen molar-refractivity contribution in [2.45, 2.75) is 6.18 Å². The van der Waals surface area contributed by atoms with Gasteiger partial charge in [0.05, 0.1) is 5.56 Å². The van der Waals surface area contributed by atoms with E-state index in [1.165, 1.54) is 0 Å². The SMILES string of the molecule is O=C(O)Nc1cc(Cl)cc(C(F)(F)F)c1. The van der Waals surface area contributed by atoms with Crippen molar-refractivity contribution < 1.29 is 23.1 Å². The first kappa shape index (κ1) is 11.6. The maximum absolute atomic E-state index is 12.3. The summed E-state index contributed by atoms with van der Waals surface area (Å²) in [6.45, 7) is 0. The fourth-order valence-corrected chi connectivity index (χ4v) is 1.18. The molecule has 3 nitrogen and oxygen atoms in total. The second kappa shape index (κ2) is 3.98. The van der Waals surface area contributed by atoms with E-state index in [9.17, 15) is 18.0 Å². The first-order valence-electron chi connectivity index (χ1n) is 3.67. The van der Waals surface area contributed by atoms with Crippen molar-refractivity contribution in [3.05, 3.63) is 28.8 Å². The molecule has 2 N–H and O–H groups in total. The Labute approximate surface area is 87.5 Å². The zero-order chi connectivity index (χ0) is 11.6. The molecule has 0 bridgehead atoms. The smallest absolute Gasteiger partial charge is 0.416 e. The van der Waals surface area contributed by atoms with Crippen LogP contribution in [0.15, 0.2) is 18.2 Å². The molecule has 0 unspecified atom stereocenters. The Bertz CT molecular complexity index is 392. The van der Waals surface area contributed by atoms with E-state index in [4.69, 9.17) is 16.7 Å². The third kappa shape index (κ3) is 3.32. The van der Waals surface area contributed by atoms with Crippen molar-refractivity contribution in [2.75, 3.05) is 5.32 Å². The van der Waals surface area contributed by atoms with E-state index in [1.807, 2.05) is 0 Å². The van der Waals surface area contributed by atoms with Gasteiger partial charge in [-0.1, -0.05) is 11.6 Å². The maximum Gasteiger partial charge on any atom is 0.416 e. The highest BCUT2D eigenvalue weighted by atomic mass is 35.5. The third-order valence-electron chi connectivity index (χ3n) is 1.48. The van der Waals surface area contributed by atoms with Gasteiger partial charge in [0.15, 0.2) is 0 Å². The molecule has 7 heteroatoms. The number of alkyl halides is 3. The van der Waals surface area contributed by atoms with Gasteiger partial charge < -0.3 is 5.11 Å². The Kier molecular flexibility index (Phi) is 3.09. The van der Waals surface area contributed by atoms with Crippen LogP contribution in [0.25, 0.3) is 0 Å². The molecule has 0 aliphatic rings. The summed E-state index contributed by atoms with van der Waals surface area (Å²) in [6, 6.07) is 2.47. The van der Waals surface area contributed by atoms with E-state index in [0.717, 1.165) is 6.07 Å². The average molecular weight is 240 g/mol. The van der Waals surface area contributed by atoms with Gasteiger partial charge in [-0.05, 0) is 18.2 Å². The van der Waals surface area contributed by atoms with Crippen LogP contribution >= 0.6 is 11.6 Å². The second-order valence-corrected chi connectivity index (χ2v) is 3.09. The average Bonchev–Trinajstić information content (AvgIpc) is 1.99. The molecule has 0 aromatic heterocycles. The first-order valence-corrected chi connectivity index (χ1v) is 4.04. The lowest BCUT2D eigenvalue weighted by atomic mass is 10.2. The summed E-state index contributed by atoms with van der Waals surface area (Å²) in [6.07, 6.45) is -6.01. The molecule has 0 atom stereocenters. The Morgan fingerprint density at radius 3 is 2.40 bits per heavy atom. The zero-order valence-corrected chi connectivity index (χ0v) is 7.86. The molecule has 0 saturated carbocycles. The molecular weight excluding hydrogens is 235 g/mol. The summed E-state index contributed by atoms with van der Waals surface area (Å²) >= 11 is 5.41. The van der Waals surface area contributed by atoms with Crippen molar-refractivity contribution in [1.82, 2.24) is 0 Å². The largest absolute Gasteiger partial charge is 0.465 e. The fraction of sp³-hybridized carbons (Fsp3) is 0.125. The van der Waals surface area contributed by atoms with E-state index in [1.54, 1.807) is 5.32 Å². The van der Waals surface area contributed by atoms with Gasteiger partial charge in [0.25, 0.3) is 0 Å². The van der Waals surface area contributed by atoms with Gasteiger partial charge >= 0.3 is 12.3 Å². The second-order valence-electron chi connectivity index (χ2n) is 2.66. The molecule has 15 heavy (non-hydrogen) atoms. The molecule has 0 aliphatic carbocycles. The number of carboxylic acid groups (broad SMARTS) is 1. The van der Waals surface area contributed by atoms with E-state index >= 15 is 0 Å². The highest BCUT2D eigenvalue weighted by Crippen LogP contribution is 2.33. The normalized spacial score (nSPS) is 11.2. The van der Waals surface area contributed by atoms with Gasteiger partial charge in [0.1, 0.15) is 0 Å². The molecule has 1 amide bonds. The summed E-state index contributed by atoms with van der Waals surface area (Å²) in [5, 5.41) is 9.92. The maximum atomic E-state index is 12.3. The monoisotopic (exact) mass is 239 g/mol. The first-order chi connectivity index (χ1) is 6.79. The number of halogens is 4. The van der Waals surface area contributed by atoms with Crippen LogP contribution in [0.2, 0.25) is 5.02 Å². The van der Waals surface area contributed by atoms with Crippen molar-refractivity contribution >= 4 is 23.4 Å². The predicted octanol–water partition coefficient (Wildman–Crippen LogP) is 3.45. The van der Waals surface area contributed by atoms with Gasteiger partial charge in [-0.15, -0.1) is 0 Å². The van der Waals surface area contributed by atoms with E-state index in [-0.39, 0.29) is 10.7 Å². The molecule has 82 valence electrons. The third-order valence-corrected chi connectivity index (χ3v) is 1.69. The summed E-state index contributed by atoms with van der Waals surface area (Å²) in [4.78, 5) is 10.2. The molecule has 1 aromatic rings. The van der Waals surface area contributed by atoms with Crippen LogP contribution in [0.5, 0.6) is 0 Å². The molecule has 0 radical (unpaired) electrons. The summed E-state index contributed by atoms with van der Waals surface area (Å²) in [5.41, 5.74) is -1.22. The number of amides is 1. The van der Waals surface area contributed by atoms with Crippen LogP contribution in [0.1, 0.15) is 5.56 Å². The summed E-state index contributed by atoms with van der Waals surface area (Å²) < 4.78 is 36.8. The summed E-state index contributed by atoms with van der Waals surface area (Å²) in [7, 11) is 0. The standard InChI is InChI=1S/C8H5ClF3NO2/c9-5-1-4(8(10,11)12)2-6(3-5)13-7(14)15/h1-3,13H,(H,14,15). The topological polar surface area (TPSA) is 49.3 Å². The molecule has 1 aromatic carbocycles. The van der Waals surface area contributed by atoms with Crippen molar-refractivity contribution in [3.8, 4) is 0 Å². The van der Waals surface area contributed by atoms with Crippen LogP contribution in [0.3, 0.4) is 0 Å². The van der Waals surface area contributed by atoms with E-state index in [2.05, 4.69) is 0 Å². The predicted molar refractivity (Wildman–Crippen MR) is 48.1 cm³/mol. The van der Waals surface area contributed by atoms with E-state index in [0.29, 0.717) is 12.1 Å². The van der Waals surface area contributed by atoms with Crippen molar-refractivity contribution in [3.63, 3.8) is 0 Å². The van der Waals surface area contributed by atoms with Gasteiger partial charge in [-0.25, -0.2) is 4.79 Å². The Balaban J connectivity index is 3.11. The van der Waals surface area contributed by atoms with Gasteiger partial charge in [-0.2, -0.15) is 13.2 Å². The molecule has 1 rings (SSSR count). The number of rotatable bonds is 1. The lowest BCUT2D eigenvalue weighted by molar-refractivity contribution is -0.137. The van der Waals surface area contributed by atoms with Gasteiger partial charge in [-0.3, -0.25) is 5.32 Å². The van der Waals surface area contributed by atoms with E-state index < -0.39 is 17.8 Å². The number of hydrogen-bond acceptors (Lipinski definition) is 1. The number of hydrogen-bond donors (Lipinski definition) is 2. The molecule has 0 fully saturated rings. The highest BCUT2D eigenvalue weighted by molar-refractivity contribution is 6.31. The Morgan fingerprint density at radius 2 is 1.93 bits per heavy atom. The van der Waals surface area contributed by atoms with Crippen LogP contribution in [0.4, 0.5) is 23.7 Å². The minimum atomic E-state index is -4.56. The number of nitrogens with one attached hydrogen (secondary N) is 1. The van der Waals surface area contributed by atoms with Crippen LogP contribution in [-0.2, 0) is 6.18 Å². The van der Waals surface area contributed by atoms with Crippen LogP contribution < -0.4 is 5.32 Å². The quantitative estimate of drug-likeness (QED) is 0.789. The lowest BCUT2D eigenvalue weighted by Crippen LogP contribution is -2.10. The van der Waals surface area contributed by atoms with Gasteiger partial charge in [0.2, 0.25) is 0 Å². The molecular formula is C8H5ClF3NO2. The molecule has 0 heterocycles. The molecule has 0 aliphatic heterocycles. The lowest BCUT2D eigenvalue weighted by Gasteiger charge is -2.09.